The second kappa shape index (κ2) is 10.1. The summed E-state index contributed by atoms with van der Waals surface area (Å²) in [5, 5.41) is 4.74. The van der Waals surface area contributed by atoms with Crippen LogP contribution in [0.5, 0.6) is 0 Å². The smallest absolute Gasteiger partial charge is 0.263 e. The summed E-state index contributed by atoms with van der Waals surface area (Å²) in [5.74, 6) is 0.386. The van der Waals surface area contributed by atoms with Gasteiger partial charge in [0.2, 0.25) is 11.6 Å². The molecule has 2 aromatic heterocycles. The standard InChI is InChI=1S/C30H27N7O/c1-19(34-28-25(32-2)18-33-30(31)35-28)26-17-21-11-9-15-24(20-10-8-14-23(16-20)36(3)4)27(21)29(38)37(26)22-12-6-5-7-13-22/h5-19H,1,3-4H3,(H3,31,33,34,35)/t19-/m0/s1. The third-order valence-electron chi connectivity index (χ3n) is 6.47. The van der Waals surface area contributed by atoms with Crippen molar-refractivity contribution < 1.29 is 0 Å². The van der Waals surface area contributed by atoms with Crippen LogP contribution in [-0.4, -0.2) is 28.6 Å². The molecule has 38 heavy (non-hydrogen) atoms. The van der Waals surface area contributed by atoms with Gasteiger partial charge in [0.05, 0.1) is 18.0 Å². The van der Waals surface area contributed by atoms with Crippen molar-refractivity contribution in [3.8, 4) is 16.8 Å². The number of nitrogen functional groups attached to an aromatic ring is 1. The van der Waals surface area contributed by atoms with Crippen molar-refractivity contribution in [1.29, 1.82) is 0 Å². The quantitative estimate of drug-likeness (QED) is 0.285. The van der Waals surface area contributed by atoms with E-state index in [0.717, 1.165) is 33.6 Å². The summed E-state index contributed by atoms with van der Waals surface area (Å²) in [7, 11) is 3.99. The van der Waals surface area contributed by atoms with Crippen molar-refractivity contribution >= 4 is 33.9 Å². The molecule has 1 atom stereocenters. The largest absolute Gasteiger partial charge is 0.378 e. The Hall–Kier alpha value is -5.16. The Labute approximate surface area is 220 Å². The van der Waals surface area contributed by atoms with E-state index < -0.39 is 0 Å². The molecule has 0 aliphatic rings. The lowest BCUT2D eigenvalue weighted by molar-refractivity contribution is 0.774. The Morgan fingerprint density at radius 1 is 1.03 bits per heavy atom. The van der Waals surface area contributed by atoms with E-state index in [4.69, 9.17) is 12.3 Å². The van der Waals surface area contributed by atoms with Gasteiger partial charge >= 0.3 is 0 Å². The van der Waals surface area contributed by atoms with E-state index in [2.05, 4.69) is 26.2 Å². The van der Waals surface area contributed by atoms with Gasteiger partial charge in [-0.15, -0.1) is 0 Å². The zero-order valence-corrected chi connectivity index (χ0v) is 21.4. The first kappa shape index (κ1) is 24.5. The molecule has 0 saturated carbocycles. The van der Waals surface area contributed by atoms with Crippen LogP contribution in [0.3, 0.4) is 0 Å². The molecule has 5 rings (SSSR count). The van der Waals surface area contributed by atoms with Crippen LogP contribution in [0.15, 0.2) is 89.9 Å². The van der Waals surface area contributed by atoms with Crippen molar-refractivity contribution in [2.75, 3.05) is 30.0 Å². The van der Waals surface area contributed by atoms with E-state index in [1.165, 1.54) is 6.20 Å². The number of pyridine rings is 1. The lowest BCUT2D eigenvalue weighted by atomic mass is 9.97. The molecule has 3 aromatic carbocycles. The van der Waals surface area contributed by atoms with E-state index in [9.17, 15) is 4.79 Å². The van der Waals surface area contributed by atoms with Gasteiger partial charge in [-0.25, -0.2) is 14.8 Å². The monoisotopic (exact) mass is 501 g/mol. The van der Waals surface area contributed by atoms with Crippen LogP contribution in [0, 0.1) is 6.57 Å². The number of rotatable bonds is 6. The zero-order valence-electron chi connectivity index (χ0n) is 21.4. The molecule has 0 aliphatic carbocycles. The summed E-state index contributed by atoms with van der Waals surface area (Å²) in [4.78, 5) is 28.0. The van der Waals surface area contributed by atoms with Gasteiger partial charge in [0, 0.05) is 37.4 Å². The van der Waals surface area contributed by atoms with Crippen molar-refractivity contribution in [1.82, 2.24) is 14.5 Å². The van der Waals surface area contributed by atoms with Gasteiger partial charge in [-0.2, -0.15) is 0 Å². The molecular weight excluding hydrogens is 474 g/mol. The normalized spacial score (nSPS) is 11.6. The predicted molar refractivity (Wildman–Crippen MR) is 154 cm³/mol. The summed E-state index contributed by atoms with van der Waals surface area (Å²) in [6.07, 6.45) is 1.39. The van der Waals surface area contributed by atoms with Crippen LogP contribution in [0.2, 0.25) is 0 Å². The minimum Gasteiger partial charge on any atom is -0.378 e. The van der Waals surface area contributed by atoms with Crippen LogP contribution in [0.1, 0.15) is 18.7 Å². The van der Waals surface area contributed by atoms with Crippen LogP contribution >= 0.6 is 0 Å². The van der Waals surface area contributed by atoms with E-state index in [-0.39, 0.29) is 23.2 Å². The first-order valence-corrected chi connectivity index (χ1v) is 12.2. The molecular formula is C30H27N7O. The summed E-state index contributed by atoms with van der Waals surface area (Å²) >= 11 is 0. The fourth-order valence-electron chi connectivity index (χ4n) is 4.59. The fourth-order valence-corrected chi connectivity index (χ4v) is 4.59. The summed E-state index contributed by atoms with van der Waals surface area (Å²) < 4.78 is 1.72. The topological polar surface area (TPSA) is 93.4 Å². The molecule has 3 N–H and O–H groups in total. The summed E-state index contributed by atoms with van der Waals surface area (Å²) in [5.41, 5.74) is 10.3. The predicted octanol–water partition coefficient (Wildman–Crippen LogP) is 5.82. The highest BCUT2D eigenvalue weighted by Gasteiger charge is 2.20. The Morgan fingerprint density at radius 3 is 2.53 bits per heavy atom. The van der Waals surface area contributed by atoms with Crippen LogP contribution < -0.4 is 21.5 Å². The highest BCUT2D eigenvalue weighted by Crippen LogP contribution is 2.32. The highest BCUT2D eigenvalue weighted by atomic mass is 16.1. The first-order valence-electron chi connectivity index (χ1n) is 12.2. The number of nitrogens with one attached hydrogen (secondary N) is 1. The van der Waals surface area contributed by atoms with Crippen molar-refractivity contribution in [3.05, 3.63) is 113 Å². The number of anilines is 3. The lowest BCUT2D eigenvalue weighted by Gasteiger charge is -2.22. The highest BCUT2D eigenvalue weighted by molar-refractivity contribution is 5.97. The Bertz CT molecular complexity index is 1740. The van der Waals surface area contributed by atoms with Gasteiger partial charge < -0.3 is 16.0 Å². The number of nitrogens with two attached hydrogens (primary N) is 1. The molecule has 8 heteroatoms. The van der Waals surface area contributed by atoms with Crippen molar-refractivity contribution in [2.45, 2.75) is 13.0 Å². The minimum atomic E-state index is -0.386. The number of hydrogen-bond donors (Lipinski definition) is 2. The molecule has 188 valence electrons. The second-order valence-corrected chi connectivity index (χ2v) is 9.20. The molecule has 0 unspecified atom stereocenters. The molecule has 0 bridgehead atoms. The van der Waals surface area contributed by atoms with E-state index in [1.807, 2.05) is 98.7 Å². The van der Waals surface area contributed by atoms with E-state index >= 15 is 0 Å². The number of para-hydroxylation sites is 1. The van der Waals surface area contributed by atoms with Gasteiger partial charge in [-0.3, -0.25) is 9.36 Å². The summed E-state index contributed by atoms with van der Waals surface area (Å²) in [6, 6.07) is 25.2. The third-order valence-corrected chi connectivity index (χ3v) is 6.47. The molecule has 0 fully saturated rings. The summed E-state index contributed by atoms with van der Waals surface area (Å²) in [6.45, 7) is 9.40. The van der Waals surface area contributed by atoms with Crippen molar-refractivity contribution in [2.24, 2.45) is 0 Å². The molecule has 0 spiro atoms. The average Bonchev–Trinajstić information content (AvgIpc) is 2.93. The maximum atomic E-state index is 14.3. The molecule has 5 aromatic rings. The van der Waals surface area contributed by atoms with E-state index in [0.29, 0.717) is 11.2 Å². The maximum absolute atomic E-state index is 14.3. The van der Waals surface area contributed by atoms with Gasteiger partial charge in [-0.1, -0.05) is 48.5 Å². The molecule has 8 nitrogen and oxygen atoms in total. The second-order valence-electron chi connectivity index (χ2n) is 9.20. The zero-order chi connectivity index (χ0) is 26.8. The van der Waals surface area contributed by atoms with Gasteiger partial charge in [-0.05, 0) is 53.8 Å². The van der Waals surface area contributed by atoms with Crippen LogP contribution in [0.25, 0.3) is 32.4 Å². The fraction of sp³-hybridized carbons (Fsp3) is 0.133. The molecule has 0 aliphatic heterocycles. The third kappa shape index (κ3) is 4.53. The Kier molecular flexibility index (Phi) is 6.50. The number of aromatic nitrogens is 3. The molecule has 0 amide bonds. The van der Waals surface area contributed by atoms with Crippen LogP contribution in [0.4, 0.5) is 23.1 Å². The van der Waals surface area contributed by atoms with E-state index in [1.54, 1.807) is 4.57 Å². The Morgan fingerprint density at radius 2 is 1.79 bits per heavy atom. The van der Waals surface area contributed by atoms with Crippen LogP contribution in [-0.2, 0) is 0 Å². The molecule has 2 heterocycles. The maximum Gasteiger partial charge on any atom is 0.263 e. The minimum absolute atomic E-state index is 0.0654. The SMILES string of the molecule is [C-]#[N+]c1cnc(N)nc1N[C@@H](C)c1cc2cccc(-c3cccc(N(C)C)c3)c2c(=O)n1-c1ccccc1. The molecule has 0 radical (unpaired) electrons. The number of hydrogen-bond acceptors (Lipinski definition) is 6. The average molecular weight is 502 g/mol. The number of nitrogens with zero attached hydrogens (tertiary/aromatic N) is 5. The number of benzene rings is 3. The van der Waals surface area contributed by atoms with Crippen molar-refractivity contribution in [3.63, 3.8) is 0 Å². The lowest BCUT2D eigenvalue weighted by Crippen LogP contribution is -2.26. The number of fused-ring (bicyclic) bond motifs is 1. The molecule has 0 saturated heterocycles. The van der Waals surface area contributed by atoms with Gasteiger partial charge in [0.15, 0.2) is 0 Å². The van der Waals surface area contributed by atoms with Gasteiger partial charge in [0.25, 0.3) is 5.56 Å². The first-order chi connectivity index (χ1) is 18.4. The Balaban J connectivity index is 1.74. The van der Waals surface area contributed by atoms with Gasteiger partial charge in [0.1, 0.15) is 5.82 Å².